The fourth-order valence-corrected chi connectivity index (χ4v) is 1.63. The summed E-state index contributed by atoms with van der Waals surface area (Å²) in [6.07, 6.45) is 0. The van der Waals surface area contributed by atoms with Gasteiger partial charge in [-0.15, -0.1) is 0 Å². The molecule has 4 nitrogen and oxygen atoms in total. The van der Waals surface area contributed by atoms with Crippen molar-refractivity contribution in [1.82, 2.24) is 0 Å². The molecule has 1 aromatic carbocycles. The minimum Gasteiger partial charge on any atom is -0.506 e. The van der Waals surface area contributed by atoms with Gasteiger partial charge in [-0.1, -0.05) is 11.6 Å². The Morgan fingerprint density at radius 1 is 1.47 bits per heavy atom. The molecule has 1 aliphatic heterocycles. The molecule has 0 atom stereocenters. The Morgan fingerprint density at radius 3 is 2.93 bits per heavy atom. The minimum absolute atomic E-state index is 0.0149. The van der Waals surface area contributed by atoms with E-state index in [4.69, 9.17) is 16.3 Å². The van der Waals surface area contributed by atoms with Gasteiger partial charge in [-0.25, -0.2) is 0 Å². The van der Waals surface area contributed by atoms with Crippen LogP contribution in [0.15, 0.2) is 18.2 Å². The van der Waals surface area contributed by atoms with Gasteiger partial charge < -0.3 is 14.7 Å². The molecule has 0 unspecified atom stereocenters. The molecule has 0 aliphatic carbocycles. The summed E-state index contributed by atoms with van der Waals surface area (Å²) in [4.78, 5) is 13.1. The third kappa shape index (κ3) is 2.06. The lowest BCUT2D eigenvalue weighted by Crippen LogP contribution is -2.41. The topological polar surface area (TPSA) is 49.8 Å². The molecule has 0 aromatic heterocycles. The monoisotopic (exact) mass is 227 g/mol. The van der Waals surface area contributed by atoms with E-state index in [-0.39, 0.29) is 23.3 Å². The van der Waals surface area contributed by atoms with Crippen molar-refractivity contribution in [3.8, 4) is 5.75 Å². The van der Waals surface area contributed by atoms with Crippen molar-refractivity contribution < 1.29 is 14.6 Å². The Labute approximate surface area is 92.0 Å². The number of benzene rings is 1. The van der Waals surface area contributed by atoms with E-state index in [0.29, 0.717) is 18.8 Å². The molecule has 1 aromatic rings. The molecule has 15 heavy (non-hydrogen) atoms. The van der Waals surface area contributed by atoms with Crippen molar-refractivity contribution in [2.24, 2.45) is 0 Å². The molecular weight excluding hydrogens is 218 g/mol. The second kappa shape index (κ2) is 4.08. The number of amides is 1. The quantitative estimate of drug-likeness (QED) is 0.789. The first kappa shape index (κ1) is 10.3. The first-order chi connectivity index (χ1) is 7.18. The SMILES string of the molecule is O=C1COCCN1c1ccc(O)c(Cl)c1. The number of rotatable bonds is 1. The minimum atomic E-state index is -0.0944. The van der Waals surface area contributed by atoms with Crippen LogP contribution in [0.1, 0.15) is 0 Å². The van der Waals surface area contributed by atoms with Crippen LogP contribution >= 0.6 is 11.6 Å². The molecule has 1 heterocycles. The number of aromatic hydroxyl groups is 1. The molecule has 1 aliphatic rings. The van der Waals surface area contributed by atoms with Crippen LogP contribution in [0.4, 0.5) is 5.69 Å². The zero-order valence-electron chi connectivity index (χ0n) is 7.94. The largest absolute Gasteiger partial charge is 0.506 e. The number of carbonyl (C=O) groups is 1. The van der Waals surface area contributed by atoms with Gasteiger partial charge in [0.15, 0.2) is 0 Å². The molecule has 0 bridgehead atoms. The Bertz CT molecular complexity index is 394. The van der Waals surface area contributed by atoms with Crippen LogP contribution in [0.2, 0.25) is 5.02 Å². The summed E-state index contributed by atoms with van der Waals surface area (Å²) in [6.45, 7) is 1.13. The zero-order valence-corrected chi connectivity index (χ0v) is 8.70. The predicted octanol–water partition coefficient (Wildman–Crippen LogP) is 1.41. The number of nitrogens with zero attached hydrogens (tertiary/aromatic N) is 1. The summed E-state index contributed by atoms with van der Waals surface area (Å²) in [7, 11) is 0. The standard InChI is InChI=1S/C10H10ClNO3/c11-8-5-7(1-2-9(8)13)12-3-4-15-6-10(12)14/h1-2,5,13H,3-4,6H2. The van der Waals surface area contributed by atoms with Crippen LogP contribution in [-0.4, -0.2) is 30.8 Å². The van der Waals surface area contributed by atoms with Gasteiger partial charge >= 0.3 is 0 Å². The maximum absolute atomic E-state index is 11.5. The fraction of sp³-hybridized carbons (Fsp3) is 0.300. The van der Waals surface area contributed by atoms with Gasteiger partial charge in [0.1, 0.15) is 12.4 Å². The highest BCUT2D eigenvalue weighted by atomic mass is 35.5. The number of halogens is 1. The number of hydrogen-bond donors (Lipinski definition) is 1. The molecule has 0 spiro atoms. The first-order valence-electron chi connectivity index (χ1n) is 4.55. The second-order valence-corrected chi connectivity index (χ2v) is 3.64. The third-order valence-electron chi connectivity index (χ3n) is 2.23. The van der Waals surface area contributed by atoms with Crippen LogP contribution in [0.5, 0.6) is 5.75 Å². The van der Waals surface area contributed by atoms with Gasteiger partial charge in [0.2, 0.25) is 0 Å². The number of phenolic OH excluding ortho intramolecular Hbond substituents is 1. The molecule has 1 fully saturated rings. The summed E-state index contributed by atoms with van der Waals surface area (Å²) < 4.78 is 5.01. The Balaban J connectivity index is 2.28. The van der Waals surface area contributed by atoms with Gasteiger partial charge in [-0.3, -0.25) is 4.79 Å². The molecule has 80 valence electrons. The van der Waals surface area contributed by atoms with E-state index in [1.54, 1.807) is 17.0 Å². The predicted molar refractivity (Wildman–Crippen MR) is 56.3 cm³/mol. The van der Waals surface area contributed by atoms with E-state index in [1.165, 1.54) is 6.07 Å². The van der Waals surface area contributed by atoms with Crippen molar-refractivity contribution in [2.75, 3.05) is 24.7 Å². The highest BCUT2D eigenvalue weighted by Gasteiger charge is 2.20. The van der Waals surface area contributed by atoms with Crippen molar-refractivity contribution >= 4 is 23.2 Å². The number of ether oxygens (including phenoxy) is 1. The zero-order chi connectivity index (χ0) is 10.8. The average Bonchev–Trinajstić information content (AvgIpc) is 2.23. The van der Waals surface area contributed by atoms with Crippen LogP contribution in [0, 0.1) is 0 Å². The van der Waals surface area contributed by atoms with Crippen LogP contribution in [0.25, 0.3) is 0 Å². The van der Waals surface area contributed by atoms with E-state index >= 15 is 0 Å². The Morgan fingerprint density at radius 2 is 2.27 bits per heavy atom. The molecule has 0 saturated carbocycles. The summed E-state index contributed by atoms with van der Waals surface area (Å²) in [5.74, 6) is -0.0795. The maximum atomic E-state index is 11.5. The summed E-state index contributed by atoms with van der Waals surface area (Å²) in [5.41, 5.74) is 0.686. The van der Waals surface area contributed by atoms with E-state index in [0.717, 1.165) is 0 Å². The van der Waals surface area contributed by atoms with Gasteiger partial charge in [0.05, 0.1) is 11.6 Å². The number of carbonyl (C=O) groups excluding carboxylic acids is 1. The summed E-state index contributed by atoms with van der Waals surface area (Å²) >= 11 is 5.76. The van der Waals surface area contributed by atoms with E-state index in [1.807, 2.05) is 0 Å². The number of phenols is 1. The van der Waals surface area contributed by atoms with Crippen molar-refractivity contribution in [3.63, 3.8) is 0 Å². The smallest absolute Gasteiger partial charge is 0.253 e. The Kier molecular flexibility index (Phi) is 2.79. The lowest BCUT2D eigenvalue weighted by molar-refractivity contribution is -0.125. The van der Waals surface area contributed by atoms with Crippen molar-refractivity contribution in [2.45, 2.75) is 0 Å². The van der Waals surface area contributed by atoms with Crippen molar-refractivity contribution in [1.29, 1.82) is 0 Å². The van der Waals surface area contributed by atoms with Gasteiger partial charge in [0, 0.05) is 12.2 Å². The normalized spacial score (nSPS) is 16.9. The van der Waals surface area contributed by atoms with Crippen LogP contribution in [0.3, 0.4) is 0 Å². The number of hydrogen-bond acceptors (Lipinski definition) is 3. The third-order valence-corrected chi connectivity index (χ3v) is 2.53. The van der Waals surface area contributed by atoms with E-state index in [2.05, 4.69) is 0 Å². The maximum Gasteiger partial charge on any atom is 0.253 e. The lowest BCUT2D eigenvalue weighted by Gasteiger charge is -2.26. The fourth-order valence-electron chi connectivity index (χ4n) is 1.45. The lowest BCUT2D eigenvalue weighted by atomic mass is 10.2. The average molecular weight is 228 g/mol. The molecule has 1 saturated heterocycles. The Hall–Kier alpha value is -1.26. The van der Waals surface area contributed by atoms with E-state index < -0.39 is 0 Å². The molecule has 2 rings (SSSR count). The molecule has 0 radical (unpaired) electrons. The van der Waals surface area contributed by atoms with Crippen molar-refractivity contribution in [3.05, 3.63) is 23.2 Å². The van der Waals surface area contributed by atoms with Crippen LogP contribution < -0.4 is 4.90 Å². The molecule has 1 amide bonds. The molecule has 1 N–H and O–H groups in total. The molecule has 5 heteroatoms. The number of morpholine rings is 1. The first-order valence-corrected chi connectivity index (χ1v) is 4.93. The molecular formula is C10H10ClNO3. The summed E-state index contributed by atoms with van der Waals surface area (Å²) in [5, 5.41) is 9.49. The number of anilines is 1. The highest BCUT2D eigenvalue weighted by molar-refractivity contribution is 6.32. The van der Waals surface area contributed by atoms with Gasteiger partial charge in [0.25, 0.3) is 5.91 Å². The summed E-state index contributed by atoms with van der Waals surface area (Å²) in [6, 6.07) is 4.70. The van der Waals surface area contributed by atoms with Gasteiger partial charge in [-0.2, -0.15) is 0 Å². The van der Waals surface area contributed by atoms with E-state index in [9.17, 15) is 9.90 Å². The highest BCUT2D eigenvalue weighted by Crippen LogP contribution is 2.28. The van der Waals surface area contributed by atoms with Gasteiger partial charge in [-0.05, 0) is 18.2 Å². The van der Waals surface area contributed by atoms with Crippen LogP contribution in [-0.2, 0) is 9.53 Å². The second-order valence-electron chi connectivity index (χ2n) is 3.23.